The highest BCUT2D eigenvalue weighted by Gasteiger charge is 1.94. The topological polar surface area (TPSA) is 9.23 Å². The van der Waals surface area contributed by atoms with Crippen LogP contribution in [0, 0.1) is 0 Å². The Hall–Kier alpha value is -0.0400. The first-order valence-electron chi connectivity index (χ1n) is 11.0. The van der Waals surface area contributed by atoms with Gasteiger partial charge in [0.2, 0.25) is 0 Å². The zero-order chi connectivity index (χ0) is 16.8. The molecule has 0 fully saturated rings. The molecule has 0 aromatic rings. The van der Waals surface area contributed by atoms with Gasteiger partial charge < -0.3 is 4.74 Å². The standard InChI is InChI=1S/C22H46O/c1-3-5-7-9-11-13-14-16-18-20-22-23-21-19-17-15-12-10-8-6-4-2/h3-22H2,1-2H3. The molecule has 1 heteroatoms. The van der Waals surface area contributed by atoms with E-state index >= 15 is 0 Å². The molecule has 0 heterocycles. The van der Waals surface area contributed by atoms with Crippen LogP contribution in [0.2, 0.25) is 0 Å². The van der Waals surface area contributed by atoms with Crippen LogP contribution in [-0.2, 0) is 4.74 Å². The fourth-order valence-electron chi connectivity index (χ4n) is 3.13. The quantitative estimate of drug-likeness (QED) is 0.205. The maximum Gasteiger partial charge on any atom is 0.0466 e. The first kappa shape index (κ1) is 23.0. The van der Waals surface area contributed by atoms with Crippen molar-refractivity contribution >= 4 is 0 Å². The van der Waals surface area contributed by atoms with Crippen LogP contribution in [0.25, 0.3) is 0 Å². The van der Waals surface area contributed by atoms with E-state index in [2.05, 4.69) is 13.8 Å². The summed E-state index contributed by atoms with van der Waals surface area (Å²) in [6.07, 6.45) is 25.2. The largest absolute Gasteiger partial charge is 0.381 e. The Morgan fingerprint density at radius 1 is 0.348 bits per heavy atom. The van der Waals surface area contributed by atoms with Crippen LogP contribution < -0.4 is 0 Å². The average molecular weight is 327 g/mol. The van der Waals surface area contributed by atoms with Gasteiger partial charge in [-0.1, -0.05) is 117 Å². The first-order chi connectivity index (χ1) is 11.4. The van der Waals surface area contributed by atoms with Crippen LogP contribution >= 0.6 is 0 Å². The van der Waals surface area contributed by atoms with Crippen molar-refractivity contribution in [2.45, 2.75) is 129 Å². The SMILES string of the molecule is CCCCCCCCCCCCOCCCCCCCCCC. The fraction of sp³-hybridized carbons (Fsp3) is 1.00. The third-order valence-electron chi connectivity index (χ3n) is 4.78. The second kappa shape index (κ2) is 22.0. The molecule has 0 radical (unpaired) electrons. The molecule has 23 heavy (non-hydrogen) atoms. The van der Waals surface area contributed by atoms with E-state index < -0.39 is 0 Å². The molecule has 0 saturated carbocycles. The molecule has 0 unspecified atom stereocenters. The monoisotopic (exact) mass is 326 g/mol. The molecule has 0 aliphatic heterocycles. The number of hydrogen-bond acceptors (Lipinski definition) is 1. The minimum absolute atomic E-state index is 0.992. The highest BCUT2D eigenvalue weighted by atomic mass is 16.5. The van der Waals surface area contributed by atoms with Crippen molar-refractivity contribution in [3.63, 3.8) is 0 Å². The molecule has 1 nitrogen and oxygen atoms in total. The third kappa shape index (κ3) is 22.0. The summed E-state index contributed by atoms with van der Waals surface area (Å²) in [5.74, 6) is 0. The predicted octanol–water partition coefficient (Wildman–Crippen LogP) is 8.06. The Balaban J connectivity index is 2.92. The molecule has 0 N–H and O–H groups in total. The molecular formula is C22H46O. The van der Waals surface area contributed by atoms with Crippen LogP contribution in [0.4, 0.5) is 0 Å². The molecule has 0 amide bonds. The van der Waals surface area contributed by atoms with E-state index in [1.165, 1.54) is 116 Å². The van der Waals surface area contributed by atoms with E-state index in [0.29, 0.717) is 0 Å². The summed E-state index contributed by atoms with van der Waals surface area (Å²) in [5.41, 5.74) is 0. The number of ether oxygens (including phenoxy) is 1. The van der Waals surface area contributed by atoms with Gasteiger partial charge in [0.15, 0.2) is 0 Å². The maximum atomic E-state index is 5.75. The second-order valence-corrected chi connectivity index (χ2v) is 7.27. The van der Waals surface area contributed by atoms with Crippen LogP contribution in [0.15, 0.2) is 0 Å². The predicted molar refractivity (Wildman–Crippen MR) is 105 cm³/mol. The zero-order valence-corrected chi connectivity index (χ0v) is 16.6. The smallest absolute Gasteiger partial charge is 0.0466 e. The summed E-state index contributed by atoms with van der Waals surface area (Å²) in [5, 5.41) is 0. The van der Waals surface area contributed by atoms with Gasteiger partial charge in [-0.15, -0.1) is 0 Å². The fourth-order valence-corrected chi connectivity index (χ4v) is 3.13. The minimum atomic E-state index is 0.992. The molecule has 0 bridgehead atoms. The van der Waals surface area contributed by atoms with Crippen molar-refractivity contribution in [2.75, 3.05) is 13.2 Å². The van der Waals surface area contributed by atoms with Crippen LogP contribution in [-0.4, -0.2) is 13.2 Å². The molecule has 140 valence electrons. The summed E-state index contributed by atoms with van der Waals surface area (Å²) in [6, 6.07) is 0. The highest BCUT2D eigenvalue weighted by molar-refractivity contribution is 4.48. The average Bonchev–Trinajstić information content (AvgIpc) is 2.57. The Morgan fingerprint density at radius 2 is 0.609 bits per heavy atom. The van der Waals surface area contributed by atoms with E-state index in [0.717, 1.165) is 13.2 Å². The molecule has 0 atom stereocenters. The van der Waals surface area contributed by atoms with E-state index in [-0.39, 0.29) is 0 Å². The summed E-state index contributed by atoms with van der Waals surface area (Å²) in [6.45, 7) is 6.56. The summed E-state index contributed by atoms with van der Waals surface area (Å²) in [4.78, 5) is 0. The Labute approximate surface area is 148 Å². The van der Waals surface area contributed by atoms with Gasteiger partial charge in [-0.3, -0.25) is 0 Å². The van der Waals surface area contributed by atoms with Crippen molar-refractivity contribution < 1.29 is 4.74 Å². The van der Waals surface area contributed by atoms with Crippen molar-refractivity contribution in [2.24, 2.45) is 0 Å². The molecular weight excluding hydrogens is 280 g/mol. The lowest BCUT2D eigenvalue weighted by Crippen LogP contribution is -1.97. The van der Waals surface area contributed by atoms with Crippen molar-refractivity contribution in [1.82, 2.24) is 0 Å². The van der Waals surface area contributed by atoms with Gasteiger partial charge in [-0.05, 0) is 12.8 Å². The van der Waals surface area contributed by atoms with Gasteiger partial charge in [0, 0.05) is 13.2 Å². The molecule has 0 spiro atoms. The van der Waals surface area contributed by atoms with Gasteiger partial charge in [-0.25, -0.2) is 0 Å². The summed E-state index contributed by atoms with van der Waals surface area (Å²) in [7, 11) is 0. The van der Waals surface area contributed by atoms with Crippen molar-refractivity contribution in [1.29, 1.82) is 0 Å². The maximum absolute atomic E-state index is 5.75. The van der Waals surface area contributed by atoms with E-state index in [4.69, 9.17) is 4.74 Å². The van der Waals surface area contributed by atoms with Gasteiger partial charge in [0.1, 0.15) is 0 Å². The van der Waals surface area contributed by atoms with Gasteiger partial charge in [-0.2, -0.15) is 0 Å². The lowest BCUT2D eigenvalue weighted by Gasteiger charge is -2.05. The van der Waals surface area contributed by atoms with Gasteiger partial charge in [0.05, 0.1) is 0 Å². The molecule has 0 aromatic heterocycles. The molecule has 0 saturated heterocycles. The molecule has 0 rings (SSSR count). The zero-order valence-electron chi connectivity index (χ0n) is 16.6. The van der Waals surface area contributed by atoms with E-state index in [1.54, 1.807) is 0 Å². The lowest BCUT2D eigenvalue weighted by atomic mass is 10.1. The minimum Gasteiger partial charge on any atom is -0.381 e. The van der Waals surface area contributed by atoms with Crippen LogP contribution in [0.5, 0.6) is 0 Å². The first-order valence-corrected chi connectivity index (χ1v) is 11.0. The Morgan fingerprint density at radius 3 is 0.913 bits per heavy atom. The van der Waals surface area contributed by atoms with Gasteiger partial charge >= 0.3 is 0 Å². The number of unbranched alkanes of at least 4 members (excludes halogenated alkanes) is 16. The van der Waals surface area contributed by atoms with Crippen LogP contribution in [0.3, 0.4) is 0 Å². The Bertz CT molecular complexity index is 170. The van der Waals surface area contributed by atoms with E-state index in [1.807, 2.05) is 0 Å². The van der Waals surface area contributed by atoms with Crippen LogP contribution in [0.1, 0.15) is 129 Å². The molecule has 0 aliphatic carbocycles. The van der Waals surface area contributed by atoms with Crippen molar-refractivity contribution in [3.8, 4) is 0 Å². The second-order valence-electron chi connectivity index (χ2n) is 7.27. The Kier molecular flexibility index (Phi) is 21.9. The third-order valence-corrected chi connectivity index (χ3v) is 4.78. The van der Waals surface area contributed by atoms with Gasteiger partial charge in [0.25, 0.3) is 0 Å². The normalized spacial score (nSPS) is 11.2. The highest BCUT2D eigenvalue weighted by Crippen LogP contribution is 2.11. The van der Waals surface area contributed by atoms with Crippen molar-refractivity contribution in [3.05, 3.63) is 0 Å². The molecule has 0 aromatic carbocycles. The number of rotatable bonds is 20. The lowest BCUT2D eigenvalue weighted by molar-refractivity contribution is 0.125. The molecule has 0 aliphatic rings. The summed E-state index contributed by atoms with van der Waals surface area (Å²) >= 11 is 0. The van der Waals surface area contributed by atoms with E-state index in [9.17, 15) is 0 Å². The number of hydrogen-bond donors (Lipinski definition) is 0. The summed E-state index contributed by atoms with van der Waals surface area (Å²) < 4.78 is 5.75.